The molecule has 1 fully saturated rings. The van der Waals surface area contributed by atoms with Gasteiger partial charge >= 0.3 is 0 Å². The van der Waals surface area contributed by atoms with Gasteiger partial charge in [-0.2, -0.15) is 0 Å². The molecule has 0 spiro atoms. The largest absolute Gasteiger partial charge is 0.399 e. The fraction of sp³-hybridized carbons (Fsp3) is 0.636. The van der Waals surface area contributed by atoms with Gasteiger partial charge < -0.3 is 15.4 Å². The van der Waals surface area contributed by atoms with Crippen molar-refractivity contribution in [2.24, 2.45) is 11.7 Å². The van der Waals surface area contributed by atoms with Gasteiger partial charge in [-0.15, -0.1) is 0 Å². The predicted octanol–water partition coefficient (Wildman–Crippen LogP) is 1.08. The van der Waals surface area contributed by atoms with Gasteiger partial charge in [-0.25, -0.2) is 0 Å². The van der Waals surface area contributed by atoms with Crippen LogP contribution in [0, 0.1) is 5.92 Å². The summed E-state index contributed by atoms with van der Waals surface area (Å²) in [5.74, 6) is 0.603. The normalized spacial score (nSPS) is 32.0. The molecule has 78 valence electrons. The van der Waals surface area contributed by atoms with Gasteiger partial charge in [-0.1, -0.05) is 6.08 Å². The SMILES string of the molecule is COC1CC2CC=C(N)C=C2N(C)C1. The number of fused-ring (bicyclic) bond motifs is 1. The first-order valence-electron chi connectivity index (χ1n) is 5.12. The second kappa shape index (κ2) is 3.65. The van der Waals surface area contributed by atoms with Gasteiger partial charge in [0.2, 0.25) is 0 Å². The molecular formula is C11H18N2O. The van der Waals surface area contributed by atoms with Crippen molar-refractivity contribution in [1.82, 2.24) is 4.90 Å². The quantitative estimate of drug-likeness (QED) is 0.679. The van der Waals surface area contributed by atoms with Crippen molar-refractivity contribution in [1.29, 1.82) is 0 Å². The molecule has 0 amide bonds. The van der Waals surface area contributed by atoms with Crippen molar-refractivity contribution in [3.05, 3.63) is 23.5 Å². The summed E-state index contributed by atoms with van der Waals surface area (Å²) in [6, 6.07) is 0. The van der Waals surface area contributed by atoms with Crippen LogP contribution in [0.4, 0.5) is 0 Å². The molecule has 3 nitrogen and oxygen atoms in total. The van der Waals surface area contributed by atoms with E-state index in [9.17, 15) is 0 Å². The number of nitrogens with two attached hydrogens (primary N) is 1. The lowest BCUT2D eigenvalue weighted by atomic mass is 9.86. The average molecular weight is 194 g/mol. The van der Waals surface area contributed by atoms with Crippen molar-refractivity contribution in [3.63, 3.8) is 0 Å². The molecule has 1 saturated heterocycles. The molecule has 1 aliphatic heterocycles. The Labute approximate surface area is 85.2 Å². The Bertz CT molecular complexity index is 283. The fourth-order valence-corrected chi connectivity index (χ4v) is 2.36. The molecule has 1 aliphatic carbocycles. The number of methoxy groups -OCH3 is 1. The van der Waals surface area contributed by atoms with Crippen LogP contribution in [0.3, 0.4) is 0 Å². The van der Waals surface area contributed by atoms with Crippen LogP contribution in [-0.2, 0) is 4.74 Å². The van der Waals surface area contributed by atoms with E-state index < -0.39 is 0 Å². The second-order valence-electron chi connectivity index (χ2n) is 4.18. The van der Waals surface area contributed by atoms with Crippen molar-refractivity contribution >= 4 is 0 Å². The van der Waals surface area contributed by atoms with Crippen LogP contribution in [0.25, 0.3) is 0 Å². The highest BCUT2D eigenvalue weighted by atomic mass is 16.5. The number of hydrogen-bond acceptors (Lipinski definition) is 3. The molecule has 2 atom stereocenters. The summed E-state index contributed by atoms with van der Waals surface area (Å²) >= 11 is 0. The van der Waals surface area contributed by atoms with E-state index in [1.54, 1.807) is 7.11 Å². The van der Waals surface area contributed by atoms with E-state index in [2.05, 4.69) is 24.1 Å². The van der Waals surface area contributed by atoms with Crippen LogP contribution in [0.5, 0.6) is 0 Å². The molecule has 0 aromatic rings. The minimum atomic E-state index is 0.370. The van der Waals surface area contributed by atoms with Crippen LogP contribution >= 0.6 is 0 Å². The summed E-state index contributed by atoms with van der Waals surface area (Å²) in [6.45, 7) is 0.978. The number of likely N-dealkylation sites (N-methyl/N-ethyl adjacent to an activating group) is 1. The first-order chi connectivity index (χ1) is 6.70. The maximum atomic E-state index is 5.80. The molecule has 0 aromatic heterocycles. The summed E-state index contributed by atoms with van der Waals surface area (Å²) < 4.78 is 5.42. The smallest absolute Gasteiger partial charge is 0.0752 e. The Morgan fingerprint density at radius 1 is 1.57 bits per heavy atom. The van der Waals surface area contributed by atoms with Crippen molar-refractivity contribution in [2.45, 2.75) is 18.9 Å². The predicted molar refractivity (Wildman–Crippen MR) is 56.5 cm³/mol. The lowest BCUT2D eigenvalue weighted by Gasteiger charge is -2.39. The van der Waals surface area contributed by atoms with Gasteiger partial charge in [0.05, 0.1) is 6.10 Å². The Kier molecular flexibility index (Phi) is 2.50. The van der Waals surface area contributed by atoms with E-state index in [-0.39, 0.29) is 0 Å². The van der Waals surface area contributed by atoms with Gasteiger partial charge in [0.15, 0.2) is 0 Å². The van der Waals surface area contributed by atoms with Crippen LogP contribution in [0.1, 0.15) is 12.8 Å². The highest BCUT2D eigenvalue weighted by molar-refractivity contribution is 5.28. The topological polar surface area (TPSA) is 38.5 Å². The highest BCUT2D eigenvalue weighted by Gasteiger charge is 2.30. The minimum absolute atomic E-state index is 0.370. The Balaban J connectivity index is 2.16. The lowest BCUT2D eigenvalue weighted by molar-refractivity contribution is 0.0371. The van der Waals surface area contributed by atoms with E-state index >= 15 is 0 Å². The first-order valence-corrected chi connectivity index (χ1v) is 5.12. The second-order valence-corrected chi connectivity index (χ2v) is 4.18. The standard InChI is InChI=1S/C11H18N2O/c1-13-7-10(14-2)5-8-3-4-9(12)6-11(8)13/h4,6,8,10H,3,5,7,12H2,1-2H3. The minimum Gasteiger partial charge on any atom is -0.399 e. The molecule has 14 heavy (non-hydrogen) atoms. The van der Waals surface area contributed by atoms with Crippen LogP contribution in [0.2, 0.25) is 0 Å². The fourth-order valence-electron chi connectivity index (χ4n) is 2.36. The van der Waals surface area contributed by atoms with Gasteiger partial charge in [-0.3, -0.25) is 0 Å². The number of allylic oxidation sites excluding steroid dienone is 3. The zero-order chi connectivity index (χ0) is 10.1. The molecule has 3 heteroatoms. The van der Waals surface area contributed by atoms with E-state index in [0.29, 0.717) is 12.0 Å². The molecule has 0 saturated carbocycles. The van der Waals surface area contributed by atoms with Crippen molar-refractivity contribution in [2.75, 3.05) is 20.7 Å². The summed E-state index contributed by atoms with van der Waals surface area (Å²) in [4.78, 5) is 2.27. The third-order valence-electron chi connectivity index (χ3n) is 3.17. The Hall–Kier alpha value is -0.960. The van der Waals surface area contributed by atoms with Crippen LogP contribution in [0.15, 0.2) is 23.5 Å². The summed E-state index contributed by atoms with van der Waals surface area (Å²) in [5.41, 5.74) is 8.07. The maximum absolute atomic E-state index is 5.80. The third kappa shape index (κ3) is 1.64. The molecule has 0 radical (unpaired) electrons. The Morgan fingerprint density at radius 2 is 2.36 bits per heavy atom. The number of piperidine rings is 1. The van der Waals surface area contributed by atoms with Gasteiger partial charge in [-0.05, 0) is 18.9 Å². The molecule has 2 unspecified atom stereocenters. The average Bonchev–Trinajstić information content (AvgIpc) is 2.19. The lowest BCUT2D eigenvalue weighted by Crippen LogP contribution is -2.40. The molecule has 2 N–H and O–H groups in total. The van der Waals surface area contributed by atoms with Crippen LogP contribution in [-0.4, -0.2) is 31.7 Å². The maximum Gasteiger partial charge on any atom is 0.0752 e. The first kappa shape index (κ1) is 9.59. The summed E-state index contributed by atoms with van der Waals surface area (Å²) in [6.07, 6.45) is 6.76. The number of rotatable bonds is 1. The molecule has 2 aliphatic rings. The van der Waals surface area contributed by atoms with Crippen molar-refractivity contribution < 1.29 is 4.74 Å². The zero-order valence-electron chi connectivity index (χ0n) is 8.86. The zero-order valence-corrected chi connectivity index (χ0v) is 8.86. The third-order valence-corrected chi connectivity index (χ3v) is 3.17. The molecular weight excluding hydrogens is 176 g/mol. The van der Waals surface area contributed by atoms with E-state index in [0.717, 1.165) is 25.1 Å². The van der Waals surface area contributed by atoms with E-state index in [1.165, 1.54) is 5.70 Å². The van der Waals surface area contributed by atoms with Crippen molar-refractivity contribution in [3.8, 4) is 0 Å². The molecule has 0 bridgehead atoms. The monoisotopic (exact) mass is 194 g/mol. The van der Waals surface area contributed by atoms with Crippen LogP contribution < -0.4 is 5.73 Å². The molecule has 1 heterocycles. The number of ether oxygens (including phenoxy) is 1. The summed E-state index contributed by atoms with van der Waals surface area (Å²) in [5, 5.41) is 0. The number of likely N-dealkylation sites (tertiary alicyclic amines) is 1. The van der Waals surface area contributed by atoms with E-state index in [1.807, 2.05) is 0 Å². The van der Waals surface area contributed by atoms with Gasteiger partial charge in [0, 0.05) is 38.0 Å². The highest BCUT2D eigenvalue weighted by Crippen LogP contribution is 2.33. The molecule has 0 aromatic carbocycles. The van der Waals surface area contributed by atoms with E-state index in [4.69, 9.17) is 10.5 Å². The number of hydrogen-bond donors (Lipinski definition) is 1. The number of nitrogens with zero attached hydrogens (tertiary/aromatic N) is 1. The Morgan fingerprint density at radius 3 is 3.07 bits per heavy atom. The van der Waals surface area contributed by atoms with Gasteiger partial charge in [0.1, 0.15) is 0 Å². The molecule has 2 rings (SSSR count). The summed E-state index contributed by atoms with van der Waals surface area (Å²) in [7, 11) is 3.91. The van der Waals surface area contributed by atoms with Gasteiger partial charge in [0.25, 0.3) is 0 Å².